The SMILES string of the molecule is S=c1cccc(-c2ccoc2)[nH]1. The fourth-order valence-corrected chi connectivity index (χ4v) is 1.22. The molecule has 0 aliphatic carbocycles. The van der Waals surface area contributed by atoms with Crippen LogP contribution in [0.5, 0.6) is 0 Å². The molecule has 0 spiro atoms. The summed E-state index contributed by atoms with van der Waals surface area (Å²) in [6.45, 7) is 0. The summed E-state index contributed by atoms with van der Waals surface area (Å²) < 4.78 is 5.69. The van der Waals surface area contributed by atoms with Crippen LogP contribution in [0.1, 0.15) is 0 Å². The van der Waals surface area contributed by atoms with Crippen LogP contribution in [0, 0.1) is 4.64 Å². The highest BCUT2D eigenvalue weighted by Gasteiger charge is 1.96. The summed E-state index contributed by atoms with van der Waals surface area (Å²) in [5.74, 6) is 0. The second kappa shape index (κ2) is 2.95. The van der Waals surface area contributed by atoms with Crippen molar-refractivity contribution in [3.05, 3.63) is 41.4 Å². The van der Waals surface area contributed by atoms with Gasteiger partial charge in [-0.15, -0.1) is 0 Å². The van der Waals surface area contributed by atoms with Gasteiger partial charge in [-0.3, -0.25) is 0 Å². The number of furan rings is 1. The first-order valence-corrected chi connectivity index (χ1v) is 3.99. The zero-order valence-electron chi connectivity index (χ0n) is 6.28. The van der Waals surface area contributed by atoms with Gasteiger partial charge in [0, 0.05) is 11.3 Å². The Hall–Kier alpha value is -1.35. The lowest BCUT2D eigenvalue weighted by Gasteiger charge is -1.94. The maximum absolute atomic E-state index is 4.99. The quantitative estimate of drug-likeness (QED) is 0.678. The first-order valence-electron chi connectivity index (χ1n) is 3.58. The molecule has 0 aliphatic heterocycles. The van der Waals surface area contributed by atoms with Crippen molar-refractivity contribution < 1.29 is 4.42 Å². The number of hydrogen-bond donors (Lipinski definition) is 1. The molecule has 2 nitrogen and oxygen atoms in total. The fraction of sp³-hybridized carbons (Fsp3) is 0. The van der Waals surface area contributed by atoms with Crippen molar-refractivity contribution in [2.75, 3.05) is 0 Å². The Morgan fingerprint density at radius 2 is 2.17 bits per heavy atom. The van der Waals surface area contributed by atoms with Crippen LogP contribution in [0.25, 0.3) is 11.3 Å². The minimum absolute atomic E-state index is 0.730. The van der Waals surface area contributed by atoms with Gasteiger partial charge in [-0.1, -0.05) is 18.3 Å². The molecule has 0 aromatic carbocycles. The standard InChI is InChI=1S/C9H7NOS/c12-9-3-1-2-8(10-9)7-4-5-11-6-7/h1-6H,(H,10,12). The van der Waals surface area contributed by atoms with Crippen molar-refractivity contribution in [3.8, 4) is 11.3 Å². The van der Waals surface area contributed by atoms with Gasteiger partial charge in [0.25, 0.3) is 0 Å². The number of aromatic nitrogens is 1. The maximum Gasteiger partial charge on any atom is 0.103 e. The number of pyridine rings is 1. The topological polar surface area (TPSA) is 28.9 Å². The first kappa shape index (κ1) is 7.31. The van der Waals surface area contributed by atoms with Gasteiger partial charge in [0.15, 0.2) is 0 Å². The van der Waals surface area contributed by atoms with Crippen LogP contribution in [0.2, 0.25) is 0 Å². The fourth-order valence-electron chi connectivity index (χ4n) is 1.03. The van der Waals surface area contributed by atoms with Crippen LogP contribution in [0.3, 0.4) is 0 Å². The summed E-state index contributed by atoms with van der Waals surface area (Å²) >= 11 is 4.99. The van der Waals surface area contributed by atoms with Gasteiger partial charge in [0.2, 0.25) is 0 Å². The molecule has 1 N–H and O–H groups in total. The van der Waals surface area contributed by atoms with Gasteiger partial charge in [-0.05, 0) is 18.2 Å². The van der Waals surface area contributed by atoms with E-state index in [2.05, 4.69) is 4.98 Å². The van der Waals surface area contributed by atoms with Gasteiger partial charge >= 0.3 is 0 Å². The lowest BCUT2D eigenvalue weighted by Crippen LogP contribution is -1.79. The average molecular weight is 177 g/mol. The smallest absolute Gasteiger partial charge is 0.103 e. The minimum Gasteiger partial charge on any atom is -0.472 e. The number of nitrogens with one attached hydrogen (secondary N) is 1. The maximum atomic E-state index is 4.99. The van der Waals surface area contributed by atoms with E-state index in [1.807, 2.05) is 24.3 Å². The molecule has 0 atom stereocenters. The normalized spacial score (nSPS) is 10.0. The Labute approximate surface area is 74.9 Å². The van der Waals surface area contributed by atoms with E-state index in [0.29, 0.717) is 0 Å². The Bertz CT molecular complexity index is 416. The Balaban J connectivity index is 2.55. The Kier molecular flexibility index (Phi) is 1.80. The summed E-state index contributed by atoms with van der Waals surface area (Å²) in [6, 6.07) is 7.61. The molecule has 0 aliphatic rings. The van der Waals surface area contributed by atoms with Gasteiger partial charge in [-0.25, -0.2) is 0 Å². The Morgan fingerprint density at radius 3 is 2.83 bits per heavy atom. The third-order valence-corrected chi connectivity index (χ3v) is 1.84. The molecule has 2 aromatic heterocycles. The second-order valence-electron chi connectivity index (χ2n) is 2.44. The summed E-state index contributed by atoms with van der Waals surface area (Å²) in [7, 11) is 0. The molecule has 3 heteroatoms. The first-order chi connectivity index (χ1) is 5.86. The van der Waals surface area contributed by atoms with E-state index in [0.717, 1.165) is 15.9 Å². The van der Waals surface area contributed by atoms with Gasteiger partial charge in [0.05, 0.1) is 12.5 Å². The highest BCUT2D eigenvalue weighted by atomic mass is 32.1. The van der Waals surface area contributed by atoms with Crippen molar-refractivity contribution in [1.29, 1.82) is 0 Å². The van der Waals surface area contributed by atoms with Crippen LogP contribution in [0.15, 0.2) is 41.2 Å². The number of aromatic amines is 1. The molecule has 2 aromatic rings. The van der Waals surface area contributed by atoms with Crippen LogP contribution < -0.4 is 0 Å². The van der Waals surface area contributed by atoms with Crippen molar-refractivity contribution in [3.63, 3.8) is 0 Å². The monoisotopic (exact) mass is 177 g/mol. The third-order valence-electron chi connectivity index (χ3n) is 1.60. The minimum atomic E-state index is 0.730. The average Bonchev–Trinajstić information content (AvgIpc) is 2.56. The van der Waals surface area contributed by atoms with Crippen LogP contribution >= 0.6 is 12.2 Å². The highest BCUT2D eigenvalue weighted by Crippen LogP contribution is 2.15. The molecule has 0 saturated carbocycles. The zero-order valence-corrected chi connectivity index (χ0v) is 7.10. The van der Waals surface area contributed by atoms with E-state index in [9.17, 15) is 0 Å². The lowest BCUT2D eigenvalue weighted by molar-refractivity contribution is 0.568. The highest BCUT2D eigenvalue weighted by molar-refractivity contribution is 7.71. The van der Waals surface area contributed by atoms with Crippen molar-refractivity contribution in [2.45, 2.75) is 0 Å². The van der Waals surface area contributed by atoms with Gasteiger partial charge in [-0.2, -0.15) is 0 Å². The van der Waals surface area contributed by atoms with E-state index in [-0.39, 0.29) is 0 Å². The molecular formula is C9H7NOS. The molecule has 2 rings (SSSR count). The van der Waals surface area contributed by atoms with Gasteiger partial charge < -0.3 is 9.40 Å². The molecular weight excluding hydrogens is 170 g/mol. The summed E-state index contributed by atoms with van der Waals surface area (Å²) in [4.78, 5) is 3.06. The zero-order chi connectivity index (χ0) is 8.39. The van der Waals surface area contributed by atoms with Crippen LogP contribution in [-0.4, -0.2) is 4.98 Å². The van der Waals surface area contributed by atoms with Crippen LogP contribution in [-0.2, 0) is 0 Å². The van der Waals surface area contributed by atoms with Crippen LogP contribution in [0.4, 0.5) is 0 Å². The summed E-state index contributed by atoms with van der Waals surface area (Å²) in [5, 5.41) is 0. The molecule has 0 radical (unpaired) electrons. The molecule has 60 valence electrons. The number of rotatable bonds is 1. The molecule has 0 bridgehead atoms. The molecule has 0 saturated heterocycles. The third kappa shape index (κ3) is 1.31. The molecule has 2 heterocycles. The van der Waals surface area contributed by atoms with Crippen molar-refractivity contribution in [1.82, 2.24) is 4.98 Å². The van der Waals surface area contributed by atoms with E-state index in [1.165, 1.54) is 0 Å². The lowest BCUT2D eigenvalue weighted by atomic mass is 10.2. The molecule has 0 fully saturated rings. The largest absolute Gasteiger partial charge is 0.472 e. The van der Waals surface area contributed by atoms with E-state index < -0.39 is 0 Å². The summed E-state index contributed by atoms with van der Waals surface area (Å²) in [6.07, 6.45) is 3.32. The molecule has 0 amide bonds. The van der Waals surface area contributed by atoms with Crippen molar-refractivity contribution >= 4 is 12.2 Å². The van der Waals surface area contributed by atoms with E-state index >= 15 is 0 Å². The number of hydrogen-bond acceptors (Lipinski definition) is 2. The van der Waals surface area contributed by atoms with Gasteiger partial charge in [0.1, 0.15) is 4.64 Å². The molecule has 12 heavy (non-hydrogen) atoms. The molecule has 0 unspecified atom stereocenters. The van der Waals surface area contributed by atoms with E-state index in [1.54, 1.807) is 12.5 Å². The second-order valence-corrected chi connectivity index (χ2v) is 2.88. The van der Waals surface area contributed by atoms with Crippen molar-refractivity contribution in [2.24, 2.45) is 0 Å². The predicted octanol–water partition coefficient (Wildman–Crippen LogP) is 3.00. The summed E-state index contributed by atoms with van der Waals surface area (Å²) in [5.41, 5.74) is 2.00. The predicted molar refractivity (Wildman–Crippen MR) is 49.3 cm³/mol. The number of H-pyrrole nitrogens is 1. The Morgan fingerprint density at radius 1 is 1.25 bits per heavy atom. The van der Waals surface area contributed by atoms with E-state index in [4.69, 9.17) is 16.6 Å².